The van der Waals surface area contributed by atoms with Crippen molar-refractivity contribution in [3.63, 3.8) is 0 Å². The summed E-state index contributed by atoms with van der Waals surface area (Å²) in [5.41, 5.74) is 9.62. The molecule has 0 spiro atoms. The fourth-order valence-corrected chi connectivity index (χ4v) is 16.8. The summed E-state index contributed by atoms with van der Waals surface area (Å²) >= 11 is 1.89. The van der Waals surface area contributed by atoms with Crippen molar-refractivity contribution in [2.75, 3.05) is 0 Å². The van der Waals surface area contributed by atoms with Crippen LogP contribution in [0.15, 0.2) is 243 Å². The van der Waals surface area contributed by atoms with Gasteiger partial charge in [0.15, 0.2) is 8.07 Å². The van der Waals surface area contributed by atoms with Gasteiger partial charge in [0.05, 0.1) is 27.8 Å². The van der Waals surface area contributed by atoms with Crippen molar-refractivity contribution in [3.8, 4) is 22.5 Å². The molecule has 0 amide bonds. The average Bonchev–Trinajstić information content (AvgIpc) is 4.03. The number of rotatable bonds is 7. The van der Waals surface area contributed by atoms with E-state index in [-0.39, 0.29) is 0 Å². The van der Waals surface area contributed by atoms with Crippen LogP contribution >= 0.6 is 11.3 Å². The zero-order valence-corrected chi connectivity index (χ0v) is 36.7. The third kappa shape index (κ3) is 5.43. The highest BCUT2D eigenvalue weighted by atomic mass is 32.1. The molecule has 0 N–H and O–H groups in total. The van der Waals surface area contributed by atoms with E-state index < -0.39 is 8.07 Å². The lowest BCUT2D eigenvalue weighted by molar-refractivity contribution is 1.17. The molecule has 2 nitrogen and oxygen atoms in total. The van der Waals surface area contributed by atoms with E-state index >= 15 is 0 Å². The van der Waals surface area contributed by atoms with Crippen LogP contribution in [0.1, 0.15) is 0 Å². The molecule has 4 heteroatoms. The highest BCUT2D eigenvalue weighted by Crippen LogP contribution is 2.43. The monoisotopic (exact) mass is 848 g/mol. The minimum absolute atomic E-state index is 1.16. The molecule has 0 atom stereocenters. The predicted molar refractivity (Wildman–Crippen MR) is 277 cm³/mol. The first-order valence-corrected chi connectivity index (χ1v) is 24.8. The fourth-order valence-electron chi connectivity index (χ4n) is 10.8. The number of hydrogen-bond donors (Lipinski definition) is 0. The Bertz CT molecular complexity index is 3800. The molecule has 3 heterocycles. The molecule has 0 bridgehead atoms. The summed E-state index contributed by atoms with van der Waals surface area (Å²) in [6.45, 7) is 0. The topological polar surface area (TPSA) is 9.86 Å². The summed E-state index contributed by atoms with van der Waals surface area (Å²) in [6.07, 6.45) is 0. The molecule has 10 aromatic carbocycles. The van der Waals surface area contributed by atoms with Crippen LogP contribution < -0.4 is 20.7 Å². The normalized spacial score (nSPS) is 12.1. The Morgan fingerprint density at radius 3 is 1.58 bits per heavy atom. The highest BCUT2D eigenvalue weighted by molar-refractivity contribution is 7.26. The average molecular weight is 849 g/mol. The SMILES string of the molecule is c1ccc([Si](c2ccccc2)(c2ccccc2)c2cccc(-n3c4ccccc4c4c(-n5c6ccccc6c6cc(-c7cccc8c7sc7ccccc78)ccc65)cccc43)c2)cc1. The van der Waals surface area contributed by atoms with Crippen molar-refractivity contribution < 1.29 is 0 Å². The summed E-state index contributed by atoms with van der Waals surface area (Å²) in [6, 6.07) is 90.4. The largest absolute Gasteiger partial charge is 0.309 e. The second kappa shape index (κ2) is 14.7. The van der Waals surface area contributed by atoms with Crippen molar-refractivity contribution in [3.05, 3.63) is 243 Å². The van der Waals surface area contributed by atoms with Crippen molar-refractivity contribution >= 4 is 104 Å². The Balaban J connectivity index is 1.04. The minimum Gasteiger partial charge on any atom is -0.309 e. The van der Waals surface area contributed by atoms with E-state index in [4.69, 9.17) is 0 Å². The maximum Gasteiger partial charge on any atom is 0.179 e. The number of para-hydroxylation sites is 2. The first-order chi connectivity index (χ1) is 31.8. The zero-order chi connectivity index (χ0) is 42.2. The Hall–Kier alpha value is -7.76. The van der Waals surface area contributed by atoms with Crippen LogP contribution in [0.5, 0.6) is 0 Å². The molecule has 300 valence electrons. The van der Waals surface area contributed by atoms with Crippen LogP contribution in [0.4, 0.5) is 0 Å². The van der Waals surface area contributed by atoms with Gasteiger partial charge >= 0.3 is 0 Å². The number of thiophene rings is 1. The van der Waals surface area contributed by atoms with Crippen LogP contribution in [-0.2, 0) is 0 Å². The van der Waals surface area contributed by atoms with Crippen LogP contribution in [0.2, 0.25) is 0 Å². The van der Waals surface area contributed by atoms with Gasteiger partial charge in [0, 0.05) is 47.4 Å². The first kappa shape index (κ1) is 36.9. The Kier molecular flexibility index (Phi) is 8.45. The van der Waals surface area contributed by atoms with E-state index in [0.717, 1.165) is 5.69 Å². The molecule has 13 rings (SSSR count). The Morgan fingerprint density at radius 1 is 0.328 bits per heavy atom. The van der Waals surface area contributed by atoms with Crippen LogP contribution in [-0.4, -0.2) is 17.2 Å². The lowest BCUT2D eigenvalue weighted by atomic mass is 10.0. The van der Waals surface area contributed by atoms with Gasteiger partial charge in [-0.2, -0.15) is 0 Å². The van der Waals surface area contributed by atoms with Gasteiger partial charge in [0.25, 0.3) is 0 Å². The van der Waals surface area contributed by atoms with Crippen LogP contribution in [0.3, 0.4) is 0 Å². The first-order valence-electron chi connectivity index (χ1n) is 22.0. The molecule has 0 fully saturated rings. The third-order valence-corrected chi connectivity index (χ3v) is 19.5. The highest BCUT2D eigenvalue weighted by Gasteiger charge is 2.41. The molecule has 0 unspecified atom stereocenters. The number of hydrogen-bond acceptors (Lipinski definition) is 1. The van der Waals surface area contributed by atoms with Crippen LogP contribution in [0, 0.1) is 0 Å². The van der Waals surface area contributed by atoms with Crippen molar-refractivity contribution in [2.45, 2.75) is 0 Å². The summed E-state index contributed by atoms with van der Waals surface area (Å²) in [5.74, 6) is 0. The standard InChI is InChI=1S/C60H40N2SSi/c1-4-20-43(21-5-1)64(44-22-6-2-7-23-44,45-24-8-3-9-25-45)46-26-16-19-42(40-46)61-54-33-14-11-29-51(54)59-56(61)34-18-35-57(59)62-53-32-13-10-27-48(53)52-39-41(37-38-55(52)62)47-30-17-31-50-49-28-12-15-36-58(49)63-60(47)50/h1-40H. The molecular weight excluding hydrogens is 809 g/mol. The molecule has 0 aliphatic heterocycles. The molecule has 0 radical (unpaired) electrons. The van der Waals surface area contributed by atoms with Gasteiger partial charge < -0.3 is 9.13 Å². The van der Waals surface area contributed by atoms with E-state index in [0.29, 0.717) is 0 Å². The van der Waals surface area contributed by atoms with E-state index in [1.807, 2.05) is 11.3 Å². The predicted octanol–water partition coefficient (Wildman–Crippen LogP) is 13.3. The van der Waals surface area contributed by atoms with E-state index in [2.05, 4.69) is 252 Å². The smallest absolute Gasteiger partial charge is 0.179 e. The Morgan fingerprint density at radius 2 is 0.859 bits per heavy atom. The van der Waals surface area contributed by atoms with E-state index in [9.17, 15) is 0 Å². The minimum atomic E-state index is -2.76. The van der Waals surface area contributed by atoms with Crippen molar-refractivity contribution in [1.29, 1.82) is 0 Å². The van der Waals surface area contributed by atoms with Gasteiger partial charge in [0.1, 0.15) is 0 Å². The van der Waals surface area contributed by atoms with Gasteiger partial charge in [-0.05, 0) is 86.5 Å². The number of benzene rings is 10. The molecule has 13 aromatic rings. The van der Waals surface area contributed by atoms with Gasteiger partial charge in [-0.3, -0.25) is 0 Å². The Labute approximate surface area is 376 Å². The number of fused-ring (bicyclic) bond motifs is 9. The fraction of sp³-hybridized carbons (Fsp3) is 0. The van der Waals surface area contributed by atoms with Gasteiger partial charge in [-0.15, -0.1) is 11.3 Å². The summed E-state index contributed by atoms with van der Waals surface area (Å²) < 4.78 is 7.66. The maximum absolute atomic E-state index is 2.76. The zero-order valence-electron chi connectivity index (χ0n) is 34.9. The second-order valence-corrected chi connectivity index (χ2v) is 21.6. The quantitative estimate of drug-likeness (QED) is 0.112. The molecule has 64 heavy (non-hydrogen) atoms. The number of aromatic nitrogens is 2. The summed E-state index contributed by atoms with van der Waals surface area (Å²) in [5, 5.41) is 13.1. The van der Waals surface area contributed by atoms with Gasteiger partial charge in [-0.25, -0.2) is 0 Å². The summed E-state index contributed by atoms with van der Waals surface area (Å²) in [4.78, 5) is 0. The molecule has 0 aliphatic carbocycles. The molecule has 0 aliphatic rings. The lowest BCUT2D eigenvalue weighted by Crippen LogP contribution is -2.74. The second-order valence-electron chi connectivity index (χ2n) is 16.8. The number of nitrogens with zero attached hydrogens (tertiary/aromatic N) is 2. The van der Waals surface area contributed by atoms with Gasteiger partial charge in [0.2, 0.25) is 0 Å². The van der Waals surface area contributed by atoms with E-state index in [1.165, 1.54) is 101 Å². The molecule has 3 aromatic heterocycles. The van der Waals surface area contributed by atoms with Crippen molar-refractivity contribution in [1.82, 2.24) is 9.13 Å². The summed E-state index contributed by atoms with van der Waals surface area (Å²) in [7, 11) is -2.76. The third-order valence-electron chi connectivity index (χ3n) is 13.5. The lowest BCUT2D eigenvalue weighted by Gasteiger charge is -2.34. The molecule has 0 saturated carbocycles. The maximum atomic E-state index is 2.50. The van der Waals surface area contributed by atoms with E-state index in [1.54, 1.807) is 0 Å². The van der Waals surface area contributed by atoms with Gasteiger partial charge in [-0.1, -0.05) is 188 Å². The molecular formula is C60H40N2SSi. The molecule has 0 saturated heterocycles. The van der Waals surface area contributed by atoms with Crippen molar-refractivity contribution in [2.24, 2.45) is 0 Å². The van der Waals surface area contributed by atoms with Crippen LogP contribution in [0.25, 0.3) is 86.3 Å².